The van der Waals surface area contributed by atoms with Crippen LogP contribution in [0.15, 0.2) is 47.3 Å². The first kappa shape index (κ1) is 24.6. The lowest BCUT2D eigenvalue weighted by Crippen LogP contribution is -2.24. The van der Waals surface area contributed by atoms with Gasteiger partial charge in [0, 0.05) is 5.56 Å². The molecule has 0 bridgehead atoms. The number of aromatic nitrogens is 1. The predicted molar refractivity (Wildman–Crippen MR) is 125 cm³/mol. The summed E-state index contributed by atoms with van der Waals surface area (Å²) < 4.78 is 16.0. The maximum Gasteiger partial charge on any atom is 0.342 e. The van der Waals surface area contributed by atoms with Crippen molar-refractivity contribution in [2.75, 3.05) is 31.9 Å². The van der Waals surface area contributed by atoms with Gasteiger partial charge in [-0.05, 0) is 29.8 Å². The number of rotatable bonds is 9. The van der Waals surface area contributed by atoms with Gasteiger partial charge in [0.1, 0.15) is 22.7 Å². The van der Waals surface area contributed by atoms with E-state index in [-0.39, 0.29) is 17.1 Å². The summed E-state index contributed by atoms with van der Waals surface area (Å²) >= 11 is 0. The van der Waals surface area contributed by atoms with Crippen molar-refractivity contribution in [3.05, 3.63) is 63.9 Å². The number of nitrogens with two attached hydrogens (primary N) is 1. The summed E-state index contributed by atoms with van der Waals surface area (Å²) in [6, 6.07) is 10.7. The van der Waals surface area contributed by atoms with E-state index >= 15 is 0 Å². The lowest BCUT2D eigenvalue weighted by atomic mass is 9.95. The highest BCUT2D eigenvalue weighted by molar-refractivity contribution is 6.07. The van der Waals surface area contributed by atoms with Crippen molar-refractivity contribution in [1.82, 2.24) is 4.98 Å². The summed E-state index contributed by atoms with van der Waals surface area (Å²) in [7, 11) is 2.76. The second kappa shape index (κ2) is 10.3. The molecule has 1 heterocycles. The Labute approximate surface area is 197 Å². The monoisotopic (exact) mass is 483 g/mol. The van der Waals surface area contributed by atoms with Gasteiger partial charge in [-0.25, -0.2) is 9.59 Å². The van der Waals surface area contributed by atoms with E-state index in [0.29, 0.717) is 11.4 Å². The van der Waals surface area contributed by atoms with Crippen molar-refractivity contribution in [2.45, 2.75) is 0 Å². The first-order valence-electron chi connectivity index (χ1n) is 9.94. The smallest absolute Gasteiger partial charge is 0.342 e. The lowest BCUT2D eigenvalue weighted by molar-refractivity contribution is -0.118. The highest BCUT2D eigenvalue weighted by Gasteiger charge is 2.27. The van der Waals surface area contributed by atoms with Gasteiger partial charge in [-0.15, -0.1) is 0 Å². The molecule has 12 nitrogen and oxygen atoms in total. The summed E-state index contributed by atoms with van der Waals surface area (Å²) in [5.74, 6) is -3.56. The van der Waals surface area contributed by atoms with Crippen LogP contribution in [-0.4, -0.2) is 53.9 Å². The fourth-order valence-corrected chi connectivity index (χ4v) is 3.36. The van der Waals surface area contributed by atoms with Crippen LogP contribution in [0.5, 0.6) is 17.2 Å². The van der Waals surface area contributed by atoms with Crippen molar-refractivity contribution >= 4 is 29.4 Å². The predicted octanol–water partition coefficient (Wildman–Crippen LogP) is 2.06. The van der Waals surface area contributed by atoms with Gasteiger partial charge in [-0.2, -0.15) is 0 Å². The van der Waals surface area contributed by atoms with Crippen LogP contribution in [0.25, 0.3) is 11.1 Å². The van der Waals surface area contributed by atoms with Crippen LogP contribution in [0.4, 0.5) is 11.5 Å². The average molecular weight is 483 g/mol. The number of hydrogen-bond donors (Lipinski definition) is 5. The molecule has 0 aliphatic heterocycles. The van der Waals surface area contributed by atoms with Crippen molar-refractivity contribution < 1.29 is 38.8 Å². The number of ether oxygens (including phenoxy) is 3. The molecule has 1 aromatic heterocycles. The minimum Gasteiger partial charge on any atom is -0.495 e. The zero-order valence-corrected chi connectivity index (χ0v) is 18.6. The maximum absolute atomic E-state index is 12.3. The maximum atomic E-state index is 12.3. The molecular formula is C23H21N3O9. The third-order valence-electron chi connectivity index (χ3n) is 4.86. The van der Waals surface area contributed by atoms with E-state index in [1.54, 1.807) is 24.3 Å². The molecule has 0 aliphatic carbocycles. The molecule has 3 aromatic rings. The number of pyridine rings is 1. The molecule has 12 heteroatoms. The van der Waals surface area contributed by atoms with Crippen LogP contribution in [0.3, 0.4) is 0 Å². The number of carbonyl (C=O) groups excluding carboxylic acids is 1. The van der Waals surface area contributed by atoms with Crippen LogP contribution in [-0.2, 0) is 4.79 Å². The fourth-order valence-electron chi connectivity index (χ4n) is 3.36. The number of para-hydroxylation sites is 2. The number of aromatic amines is 1. The Morgan fingerprint density at radius 1 is 0.943 bits per heavy atom. The highest BCUT2D eigenvalue weighted by atomic mass is 16.5. The number of anilines is 2. The van der Waals surface area contributed by atoms with Gasteiger partial charge in [0.05, 0.1) is 19.9 Å². The van der Waals surface area contributed by atoms with Crippen LogP contribution in [0, 0.1) is 0 Å². The van der Waals surface area contributed by atoms with Gasteiger partial charge in [0.2, 0.25) is 0 Å². The number of hydrogen-bond acceptors (Lipinski definition) is 8. The van der Waals surface area contributed by atoms with Gasteiger partial charge < -0.3 is 40.5 Å². The molecule has 2 aromatic carbocycles. The molecule has 0 radical (unpaired) electrons. The normalized spacial score (nSPS) is 10.3. The van der Waals surface area contributed by atoms with E-state index in [0.717, 1.165) is 0 Å². The first-order valence-corrected chi connectivity index (χ1v) is 9.94. The number of methoxy groups -OCH3 is 2. The van der Waals surface area contributed by atoms with Gasteiger partial charge in [-0.3, -0.25) is 9.59 Å². The summed E-state index contributed by atoms with van der Waals surface area (Å²) in [4.78, 5) is 50.1. The van der Waals surface area contributed by atoms with Gasteiger partial charge in [0.15, 0.2) is 18.1 Å². The lowest BCUT2D eigenvalue weighted by Gasteiger charge is -2.15. The molecule has 0 saturated carbocycles. The van der Waals surface area contributed by atoms with Crippen molar-refractivity contribution in [2.24, 2.45) is 0 Å². The number of nitrogen functional groups attached to an aromatic ring is 1. The Morgan fingerprint density at radius 2 is 1.60 bits per heavy atom. The Hall–Kier alpha value is -5.00. The summed E-state index contributed by atoms with van der Waals surface area (Å²) in [5, 5.41) is 21.8. The van der Waals surface area contributed by atoms with Crippen molar-refractivity contribution in [3.63, 3.8) is 0 Å². The Morgan fingerprint density at radius 3 is 2.23 bits per heavy atom. The van der Waals surface area contributed by atoms with Crippen LogP contribution < -0.4 is 30.8 Å². The fraction of sp³-hybridized carbons (Fsp3) is 0.130. The number of aromatic carboxylic acids is 2. The number of carboxylic acids is 2. The molecule has 3 rings (SSSR count). The molecule has 0 atom stereocenters. The summed E-state index contributed by atoms with van der Waals surface area (Å²) in [5.41, 5.74) is 3.27. The van der Waals surface area contributed by atoms with E-state index in [2.05, 4.69) is 5.32 Å². The van der Waals surface area contributed by atoms with Crippen molar-refractivity contribution in [3.8, 4) is 28.4 Å². The molecular weight excluding hydrogens is 462 g/mol. The summed E-state index contributed by atoms with van der Waals surface area (Å²) in [6.07, 6.45) is 0. The van der Waals surface area contributed by atoms with Crippen LogP contribution >= 0.6 is 0 Å². The van der Waals surface area contributed by atoms with Gasteiger partial charge in [0.25, 0.3) is 11.5 Å². The highest BCUT2D eigenvalue weighted by Crippen LogP contribution is 2.36. The zero-order chi connectivity index (χ0) is 25.7. The quantitative estimate of drug-likeness (QED) is 0.301. The van der Waals surface area contributed by atoms with E-state index < -0.39 is 52.5 Å². The third-order valence-corrected chi connectivity index (χ3v) is 4.86. The topological polar surface area (TPSA) is 190 Å². The Balaban J connectivity index is 1.94. The molecule has 182 valence electrons. The number of amides is 1. The minimum absolute atomic E-state index is 0.0280. The molecule has 6 N–H and O–H groups in total. The number of benzene rings is 2. The van der Waals surface area contributed by atoms with Crippen molar-refractivity contribution in [1.29, 1.82) is 0 Å². The SMILES string of the molecule is COc1ccccc1NC(=O)COc1ccc(-c2c(C(=O)O)c(N)[nH]c(=O)c2C(=O)O)cc1OC. The zero-order valence-electron chi connectivity index (χ0n) is 18.6. The molecule has 0 aliphatic rings. The van der Waals surface area contributed by atoms with E-state index in [9.17, 15) is 29.4 Å². The minimum atomic E-state index is -1.64. The third kappa shape index (κ3) is 5.16. The molecule has 0 unspecified atom stereocenters. The van der Waals surface area contributed by atoms with E-state index in [4.69, 9.17) is 19.9 Å². The molecule has 35 heavy (non-hydrogen) atoms. The van der Waals surface area contributed by atoms with E-state index in [1.807, 2.05) is 4.98 Å². The van der Waals surface area contributed by atoms with Gasteiger partial charge >= 0.3 is 11.9 Å². The second-order valence-corrected chi connectivity index (χ2v) is 7.01. The summed E-state index contributed by atoms with van der Waals surface area (Å²) in [6.45, 7) is -0.410. The van der Waals surface area contributed by atoms with E-state index in [1.165, 1.54) is 32.4 Å². The number of carboxylic acid groups (broad SMARTS) is 2. The molecule has 0 saturated heterocycles. The number of H-pyrrole nitrogens is 1. The van der Waals surface area contributed by atoms with Gasteiger partial charge in [-0.1, -0.05) is 18.2 Å². The number of carbonyl (C=O) groups is 3. The largest absolute Gasteiger partial charge is 0.495 e. The first-order chi connectivity index (χ1) is 16.7. The molecule has 1 amide bonds. The standard InChI is InChI=1S/C23H21N3O9/c1-33-13-6-4-3-5-12(13)25-16(27)10-35-14-8-7-11(9-15(14)34-2)17-18(22(29)30)20(24)26-21(28)19(17)23(31)32/h3-9H,10H2,1-2H3,(H,25,27)(H,29,30)(H,31,32)(H3,24,26,28). The second-order valence-electron chi connectivity index (χ2n) is 7.01. The van der Waals surface area contributed by atoms with Crippen LogP contribution in [0.1, 0.15) is 20.7 Å². The Bertz CT molecular complexity index is 1360. The van der Waals surface area contributed by atoms with Crippen LogP contribution in [0.2, 0.25) is 0 Å². The molecule has 0 spiro atoms. The average Bonchev–Trinajstić information content (AvgIpc) is 2.81. The number of nitrogens with one attached hydrogen (secondary N) is 2. The Kier molecular flexibility index (Phi) is 7.25. The molecule has 0 fully saturated rings.